The number of hydrogen-bond acceptors (Lipinski definition) is 4. The molecule has 2 heterocycles. The zero-order valence-electron chi connectivity index (χ0n) is 17.8. The molecular formula is C24H28N2O4. The van der Waals surface area contributed by atoms with Gasteiger partial charge >= 0.3 is 0 Å². The maximum Gasteiger partial charge on any atom is 0.251 e. The first-order valence-electron chi connectivity index (χ1n) is 10.4. The van der Waals surface area contributed by atoms with Crippen LogP contribution in [0.5, 0.6) is 11.5 Å². The third-order valence-corrected chi connectivity index (χ3v) is 5.60. The van der Waals surface area contributed by atoms with Crippen molar-refractivity contribution < 1.29 is 19.1 Å². The Balaban J connectivity index is 1.60. The Kier molecular flexibility index (Phi) is 5.18. The Morgan fingerprint density at radius 2 is 1.77 bits per heavy atom. The van der Waals surface area contributed by atoms with Gasteiger partial charge in [0.2, 0.25) is 5.91 Å². The van der Waals surface area contributed by atoms with Gasteiger partial charge in [0.25, 0.3) is 5.91 Å². The molecule has 0 saturated heterocycles. The monoisotopic (exact) mass is 408 g/mol. The summed E-state index contributed by atoms with van der Waals surface area (Å²) in [6.07, 6.45) is 1.34. The number of rotatable bonds is 3. The van der Waals surface area contributed by atoms with Crippen molar-refractivity contribution >= 4 is 11.8 Å². The van der Waals surface area contributed by atoms with E-state index in [0.29, 0.717) is 24.2 Å². The highest BCUT2D eigenvalue weighted by Crippen LogP contribution is 2.40. The van der Waals surface area contributed by atoms with Crippen molar-refractivity contribution in [2.24, 2.45) is 0 Å². The first-order valence-corrected chi connectivity index (χ1v) is 10.4. The van der Waals surface area contributed by atoms with Crippen LogP contribution in [0.25, 0.3) is 0 Å². The van der Waals surface area contributed by atoms with Crippen molar-refractivity contribution in [2.45, 2.75) is 64.3 Å². The molecular weight excluding hydrogens is 380 g/mol. The zero-order valence-corrected chi connectivity index (χ0v) is 17.8. The van der Waals surface area contributed by atoms with Crippen molar-refractivity contribution in [3.63, 3.8) is 0 Å². The zero-order chi connectivity index (χ0) is 21.5. The predicted molar refractivity (Wildman–Crippen MR) is 114 cm³/mol. The van der Waals surface area contributed by atoms with Crippen molar-refractivity contribution in [1.82, 2.24) is 10.6 Å². The van der Waals surface area contributed by atoms with Crippen LogP contribution in [-0.4, -0.2) is 23.5 Å². The molecule has 2 aromatic rings. The van der Waals surface area contributed by atoms with E-state index in [1.165, 1.54) is 6.92 Å². The molecule has 0 bridgehead atoms. The summed E-state index contributed by atoms with van der Waals surface area (Å²) in [7, 11) is 0. The average molecular weight is 408 g/mol. The fourth-order valence-corrected chi connectivity index (χ4v) is 4.35. The SMILES string of the molecule is CC(=O)NC1CC(C)Oc2ccc(C(=O)NC3CC(C)(C)Oc4ccccc43)cc21. The molecule has 3 atom stereocenters. The fourth-order valence-electron chi connectivity index (χ4n) is 4.35. The lowest BCUT2D eigenvalue weighted by Crippen LogP contribution is -2.41. The summed E-state index contributed by atoms with van der Waals surface area (Å²) < 4.78 is 12.0. The van der Waals surface area contributed by atoms with Crippen LogP contribution in [0.3, 0.4) is 0 Å². The third kappa shape index (κ3) is 4.13. The molecule has 2 N–H and O–H groups in total. The summed E-state index contributed by atoms with van der Waals surface area (Å²) in [4.78, 5) is 24.8. The predicted octanol–water partition coefficient (Wildman–Crippen LogP) is 4.07. The largest absolute Gasteiger partial charge is 0.490 e. The first-order chi connectivity index (χ1) is 14.2. The molecule has 2 aromatic carbocycles. The number of fused-ring (bicyclic) bond motifs is 2. The quantitative estimate of drug-likeness (QED) is 0.803. The lowest BCUT2D eigenvalue weighted by atomic mass is 9.89. The van der Waals surface area contributed by atoms with Crippen LogP contribution in [0.2, 0.25) is 0 Å². The summed E-state index contributed by atoms with van der Waals surface area (Å²) in [5, 5.41) is 6.14. The lowest BCUT2D eigenvalue weighted by molar-refractivity contribution is -0.120. The summed E-state index contributed by atoms with van der Waals surface area (Å²) >= 11 is 0. The van der Waals surface area contributed by atoms with Gasteiger partial charge in [0, 0.05) is 36.5 Å². The molecule has 0 aliphatic carbocycles. The lowest BCUT2D eigenvalue weighted by Gasteiger charge is -2.38. The summed E-state index contributed by atoms with van der Waals surface area (Å²) in [6.45, 7) is 7.53. The molecule has 0 radical (unpaired) electrons. The number of carbonyl (C=O) groups is 2. The molecule has 6 heteroatoms. The first kappa shape index (κ1) is 20.3. The smallest absolute Gasteiger partial charge is 0.251 e. The molecule has 2 amide bonds. The van der Waals surface area contributed by atoms with Gasteiger partial charge in [-0.3, -0.25) is 9.59 Å². The molecule has 0 fully saturated rings. The van der Waals surface area contributed by atoms with Gasteiger partial charge in [-0.1, -0.05) is 18.2 Å². The van der Waals surface area contributed by atoms with E-state index in [4.69, 9.17) is 9.47 Å². The molecule has 0 spiro atoms. The van der Waals surface area contributed by atoms with Crippen LogP contribution in [0.4, 0.5) is 0 Å². The average Bonchev–Trinajstić information content (AvgIpc) is 2.66. The minimum atomic E-state index is -0.372. The Labute approximate surface area is 177 Å². The molecule has 3 unspecified atom stereocenters. The van der Waals surface area contributed by atoms with Gasteiger partial charge in [-0.15, -0.1) is 0 Å². The topological polar surface area (TPSA) is 76.7 Å². The second-order valence-electron chi connectivity index (χ2n) is 8.80. The normalized spacial score (nSPS) is 23.8. The Hall–Kier alpha value is -3.02. The van der Waals surface area contributed by atoms with Crippen LogP contribution < -0.4 is 20.1 Å². The highest BCUT2D eigenvalue weighted by Gasteiger charge is 2.35. The molecule has 0 saturated carbocycles. The maximum atomic E-state index is 13.1. The summed E-state index contributed by atoms with van der Waals surface area (Å²) in [6, 6.07) is 12.9. The summed E-state index contributed by atoms with van der Waals surface area (Å²) in [5.74, 6) is 1.26. The summed E-state index contributed by atoms with van der Waals surface area (Å²) in [5.41, 5.74) is 1.99. The number of nitrogens with one attached hydrogen (secondary N) is 2. The minimum Gasteiger partial charge on any atom is -0.490 e. The maximum absolute atomic E-state index is 13.1. The van der Waals surface area contributed by atoms with Crippen molar-refractivity contribution in [3.8, 4) is 11.5 Å². The molecule has 2 aliphatic rings. The number of carbonyl (C=O) groups excluding carboxylic acids is 2. The van der Waals surface area contributed by atoms with E-state index >= 15 is 0 Å². The number of amides is 2. The van der Waals surface area contributed by atoms with E-state index in [0.717, 1.165) is 16.9 Å². The van der Waals surface area contributed by atoms with E-state index in [2.05, 4.69) is 10.6 Å². The molecule has 30 heavy (non-hydrogen) atoms. The highest BCUT2D eigenvalue weighted by atomic mass is 16.5. The van der Waals surface area contributed by atoms with Gasteiger partial charge in [-0.05, 0) is 45.0 Å². The molecule has 0 aromatic heterocycles. The van der Waals surface area contributed by atoms with Gasteiger partial charge in [0.05, 0.1) is 18.2 Å². The number of hydrogen-bond donors (Lipinski definition) is 2. The Morgan fingerprint density at radius 3 is 2.53 bits per heavy atom. The number of para-hydroxylation sites is 1. The number of benzene rings is 2. The Bertz CT molecular complexity index is 985. The van der Waals surface area contributed by atoms with Crippen LogP contribution >= 0.6 is 0 Å². The van der Waals surface area contributed by atoms with E-state index < -0.39 is 0 Å². The third-order valence-electron chi connectivity index (χ3n) is 5.60. The van der Waals surface area contributed by atoms with Gasteiger partial charge in [-0.2, -0.15) is 0 Å². The van der Waals surface area contributed by atoms with Gasteiger partial charge in [-0.25, -0.2) is 0 Å². The van der Waals surface area contributed by atoms with Crippen molar-refractivity contribution in [2.75, 3.05) is 0 Å². The second kappa shape index (κ2) is 7.67. The van der Waals surface area contributed by atoms with Crippen molar-refractivity contribution in [1.29, 1.82) is 0 Å². The van der Waals surface area contributed by atoms with E-state index in [9.17, 15) is 9.59 Å². The second-order valence-corrected chi connectivity index (χ2v) is 8.80. The van der Waals surface area contributed by atoms with E-state index in [-0.39, 0.29) is 35.6 Å². The van der Waals surface area contributed by atoms with Gasteiger partial charge in [0.1, 0.15) is 17.1 Å². The fraction of sp³-hybridized carbons (Fsp3) is 0.417. The van der Waals surface area contributed by atoms with E-state index in [1.54, 1.807) is 6.07 Å². The molecule has 6 nitrogen and oxygen atoms in total. The van der Waals surface area contributed by atoms with Crippen LogP contribution in [0, 0.1) is 0 Å². The van der Waals surface area contributed by atoms with Crippen LogP contribution in [0.15, 0.2) is 42.5 Å². The van der Waals surface area contributed by atoms with E-state index in [1.807, 2.05) is 57.2 Å². The van der Waals surface area contributed by atoms with Crippen molar-refractivity contribution in [3.05, 3.63) is 59.2 Å². The molecule has 158 valence electrons. The molecule has 4 rings (SSSR count). The highest BCUT2D eigenvalue weighted by molar-refractivity contribution is 5.95. The standard InChI is InChI=1S/C24H28N2O4/c1-14-11-19(25-15(2)27)18-12-16(9-10-21(18)29-14)23(28)26-20-13-24(3,4)30-22-8-6-5-7-17(20)22/h5-10,12,14,19-20H,11,13H2,1-4H3,(H,25,27)(H,26,28). The van der Waals surface area contributed by atoms with Gasteiger partial charge in [0.15, 0.2) is 0 Å². The Morgan fingerprint density at radius 1 is 1.00 bits per heavy atom. The van der Waals surface area contributed by atoms with Gasteiger partial charge < -0.3 is 20.1 Å². The molecule has 2 aliphatic heterocycles. The minimum absolute atomic E-state index is 0.00463. The van der Waals surface area contributed by atoms with Crippen LogP contribution in [0.1, 0.15) is 74.1 Å². The van der Waals surface area contributed by atoms with Crippen LogP contribution in [-0.2, 0) is 4.79 Å². The number of ether oxygens (including phenoxy) is 2.